The molecule has 150 valence electrons. The van der Waals surface area contributed by atoms with Crippen molar-refractivity contribution in [3.8, 4) is 11.5 Å². The molecule has 0 fully saturated rings. The van der Waals surface area contributed by atoms with Gasteiger partial charge in [-0.1, -0.05) is 17.7 Å². The molecular formula is C20H22ClFN2O4. The van der Waals surface area contributed by atoms with Crippen molar-refractivity contribution in [2.75, 3.05) is 18.5 Å². The zero-order valence-electron chi connectivity index (χ0n) is 15.6. The second-order valence-electron chi connectivity index (χ2n) is 7.44. The number of halogens is 2. The molecule has 6 nitrogen and oxygen atoms in total. The third-order valence-electron chi connectivity index (χ3n) is 4.50. The quantitative estimate of drug-likeness (QED) is 0.589. The molecule has 0 saturated carbocycles. The Hall–Kier alpha value is -2.35. The number of aliphatic hydroxyl groups is 1. The number of aromatic hydroxyl groups is 1. The Morgan fingerprint density at radius 1 is 1.36 bits per heavy atom. The van der Waals surface area contributed by atoms with Crippen LogP contribution < -0.4 is 15.4 Å². The SMILES string of the molecule is CC(C)(Cc1ccc(F)cc1Cl)NC[C@H](O)c1cc(O)cc2c1OCC(=O)N2. The molecule has 0 radical (unpaired) electrons. The molecule has 1 amide bonds. The van der Waals surface area contributed by atoms with Gasteiger partial charge in [0, 0.05) is 28.7 Å². The van der Waals surface area contributed by atoms with Crippen LogP contribution in [0.1, 0.15) is 31.1 Å². The first kappa shape index (κ1) is 20.4. The molecule has 8 heteroatoms. The molecule has 1 heterocycles. The number of benzene rings is 2. The topological polar surface area (TPSA) is 90.8 Å². The van der Waals surface area contributed by atoms with Gasteiger partial charge in [0.05, 0.1) is 11.8 Å². The Morgan fingerprint density at radius 2 is 2.11 bits per heavy atom. The van der Waals surface area contributed by atoms with E-state index < -0.39 is 17.5 Å². The lowest BCUT2D eigenvalue weighted by atomic mass is 9.94. The predicted molar refractivity (Wildman–Crippen MR) is 104 cm³/mol. The molecule has 0 aromatic heterocycles. The largest absolute Gasteiger partial charge is 0.508 e. The maximum atomic E-state index is 13.2. The lowest BCUT2D eigenvalue weighted by Crippen LogP contribution is -2.43. The fourth-order valence-electron chi connectivity index (χ4n) is 3.15. The summed E-state index contributed by atoms with van der Waals surface area (Å²) in [7, 11) is 0. The fraction of sp³-hybridized carbons (Fsp3) is 0.350. The summed E-state index contributed by atoms with van der Waals surface area (Å²) in [6.45, 7) is 3.89. The van der Waals surface area contributed by atoms with Crippen LogP contribution in [0.2, 0.25) is 5.02 Å². The number of nitrogens with one attached hydrogen (secondary N) is 2. The van der Waals surface area contributed by atoms with Crippen molar-refractivity contribution in [3.05, 3.63) is 52.3 Å². The van der Waals surface area contributed by atoms with Gasteiger partial charge in [0.15, 0.2) is 6.61 Å². The number of carbonyl (C=O) groups is 1. The van der Waals surface area contributed by atoms with Crippen LogP contribution in [0.15, 0.2) is 30.3 Å². The third kappa shape index (κ3) is 4.73. The average molecular weight is 409 g/mol. The summed E-state index contributed by atoms with van der Waals surface area (Å²) in [4.78, 5) is 11.5. The van der Waals surface area contributed by atoms with Crippen LogP contribution >= 0.6 is 11.6 Å². The first-order chi connectivity index (χ1) is 13.1. The van der Waals surface area contributed by atoms with Crippen LogP contribution in [0.25, 0.3) is 0 Å². The summed E-state index contributed by atoms with van der Waals surface area (Å²) in [6.07, 6.45) is -0.470. The number of carbonyl (C=O) groups excluding carboxylic acids is 1. The van der Waals surface area contributed by atoms with E-state index in [0.29, 0.717) is 28.4 Å². The Kier molecular flexibility index (Phi) is 5.79. The molecule has 1 aliphatic heterocycles. The lowest BCUT2D eigenvalue weighted by Gasteiger charge is -2.29. The van der Waals surface area contributed by atoms with E-state index in [1.54, 1.807) is 6.07 Å². The minimum absolute atomic E-state index is 0.0871. The number of hydrogen-bond donors (Lipinski definition) is 4. The number of fused-ring (bicyclic) bond motifs is 1. The van der Waals surface area contributed by atoms with Gasteiger partial charge >= 0.3 is 0 Å². The Balaban J connectivity index is 1.71. The smallest absolute Gasteiger partial charge is 0.262 e. The highest BCUT2D eigenvalue weighted by atomic mass is 35.5. The normalized spacial score (nSPS) is 14.8. The van der Waals surface area contributed by atoms with Gasteiger partial charge in [-0.05, 0) is 44.0 Å². The van der Waals surface area contributed by atoms with E-state index in [0.717, 1.165) is 5.56 Å². The van der Waals surface area contributed by atoms with Gasteiger partial charge < -0.3 is 25.6 Å². The third-order valence-corrected chi connectivity index (χ3v) is 4.86. The number of β-amino-alcohol motifs (C(OH)–C–C–N with tert-alkyl or cyclic N) is 1. The Bertz CT molecular complexity index is 904. The molecule has 3 rings (SSSR count). The summed E-state index contributed by atoms with van der Waals surface area (Å²) in [5, 5.41) is 26.8. The van der Waals surface area contributed by atoms with E-state index >= 15 is 0 Å². The number of aliphatic hydroxyl groups excluding tert-OH is 1. The van der Waals surface area contributed by atoms with Crippen molar-refractivity contribution >= 4 is 23.2 Å². The molecule has 0 unspecified atom stereocenters. The van der Waals surface area contributed by atoms with Crippen molar-refractivity contribution in [1.82, 2.24) is 5.32 Å². The van der Waals surface area contributed by atoms with Gasteiger partial charge in [0.25, 0.3) is 5.91 Å². The molecule has 0 saturated heterocycles. The van der Waals surface area contributed by atoms with Crippen LogP contribution in [0.4, 0.5) is 10.1 Å². The van der Waals surface area contributed by atoms with Crippen LogP contribution in [0, 0.1) is 5.82 Å². The van der Waals surface area contributed by atoms with Crippen molar-refractivity contribution in [2.45, 2.75) is 31.9 Å². The molecule has 4 N–H and O–H groups in total. The molecule has 1 aliphatic rings. The number of ether oxygens (including phenoxy) is 1. The van der Waals surface area contributed by atoms with Gasteiger partial charge in [-0.3, -0.25) is 4.79 Å². The van der Waals surface area contributed by atoms with Crippen LogP contribution in [-0.2, 0) is 11.2 Å². The molecule has 0 aliphatic carbocycles. The second kappa shape index (κ2) is 7.95. The zero-order chi connectivity index (χ0) is 20.5. The van der Waals surface area contributed by atoms with E-state index in [4.69, 9.17) is 16.3 Å². The number of phenols is 1. The summed E-state index contributed by atoms with van der Waals surface area (Å²) < 4.78 is 18.7. The molecule has 0 spiro atoms. The summed E-state index contributed by atoms with van der Waals surface area (Å²) in [5.74, 6) is -0.466. The van der Waals surface area contributed by atoms with E-state index in [-0.39, 0.29) is 24.8 Å². The van der Waals surface area contributed by atoms with Crippen LogP contribution in [0.3, 0.4) is 0 Å². The highest BCUT2D eigenvalue weighted by Crippen LogP contribution is 2.38. The summed E-state index contributed by atoms with van der Waals surface area (Å²) in [6, 6.07) is 7.05. The number of amides is 1. The highest BCUT2D eigenvalue weighted by Gasteiger charge is 2.26. The second-order valence-corrected chi connectivity index (χ2v) is 7.85. The Morgan fingerprint density at radius 3 is 2.82 bits per heavy atom. The maximum absolute atomic E-state index is 13.2. The van der Waals surface area contributed by atoms with Gasteiger partial charge in [0.1, 0.15) is 17.3 Å². The molecule has 0 bridgehead atoms. The van der Waals surface area contributed by atoms with Crippen molar-refractivity contribution in [3.63, 3.8) is 0 Å². The molecule has 2 aromatic rings. The molecule has 28 heavy (non-hydrogen) atoms. The highest BCUT2D eigenvalue weighted by molar-refractivity contribution is 6.31. The number of phenolic OH excluding ortho intramolecular Hbond substituents is 1. The monoisotopic (exact) mass is 408 g/mol. The van der Waals surface area contributed by atoms with Crippen molar-refractivity contribution < 1.29 is 24.1 Å². The number of rotatable bonds is 6. The van der Waals surface area contributed by atoms with Crippen LogP contribution in [-0.4, -0.2) is 34.8 Å². The van der Waals surface area contributed by atoms with Gasteiger partial charge in [-0.15, -0.1) is 0 Å². The van der Waals surface area contributed by atoms with E-state index in [1.807, 2.05) is 13.8 Å². The summed E-state index contributed by atoms with van der Waals surface area (Å²) >= 11 is 6.11. The van der Waals surface area contributed by atoms with Crippen molar-refractivity contribution in [1.29, 1.82) is 0 Å². The van der Waals surface area contributed by atoms with Gasteiger partial charge in [-0.25, -0.2) is 4.39 Å². The number of hydrogen-bond acceptors (Lipinski definition) is 5. The first-order valence-electron chi connectivity index (χ1n) is 8.81. The molecule has 1 atom stereocenters. The van der Waals surface area contributed by atoms with Gasteiger partial charge in [-0.2, -0.15) is 0 Å². The minimum atomic E-state index is -0.987. The van der Waals surface area contributed by atoms with E-state index in [2.05, 4.69) is 10.6 Å². The molecule has 2 aromatic carbocycles. The van der Waals surface area contributed by atoms with E-state index in [9.17, 15) is 19.4 Å². The average Bonchev–Trinajstić information content (AvgIpc) is 2.61. The first-order valence-corrected chi connectivity index (χ1v) is 9.19. The standard InChI is InChI=1S/C20H22ClFN2O4/c1-20(2,8-11-3-4-12(22)5-15(11)21)23-9-17(26)14-6-13(25)7-16-19(14)28-10-18(27)24-16/h3-7,17,23,25-26H,8-10H2,1-2H3,(H,24,27)/t17-/m0/s1. The minimum Gasteiger partial charge on any atom is -0.508 e. The number of anilines is 1. The Labute approximate surface area is 167 Å². The van der Waals surface area contributed by atoms with Crippen molar-refractivity contribution in [2.24, 2.45) is 0 Å². The maximum Gasteiger partial charge on any atom is 0.262 e. The summed E-state index contributed by atoms with van der Waals surface area (Å²) in [5.41, 5.74) is 1.03. The van der Waals surface area contributed by atoms with Gasteiger partial charge in [0.2, 0.25) is 0 Å². The lowest BCUT2D eigenvalue weighted by molar-refractivity contribution is -0.118. The predicted octanol–water partition coefficient (Wildman–Crippen LogP) is 3.16. The fourth-order valence-corrected chi connectivity index (χ4v) is 3.38. The molecular weight excluding hydrogens is 387 g/mol. The van der Waals surface area contributed by atoms with Crippen LogP contribution in [0.5, 0.6) is 11.5 Å². The van der Waals surface area contributed by atoms with E-state index in [1.165, 1.54) is 24.3 Å². The zero-order valence-corrected chi connectivity index (χ0v) is 16.3.